The quantitative estimate of drug-likeness (QED) is 0.817. The number of amides is 1. The van der Waals surface area contributed by atoms with Gasteiger partial charge in [0.15, 0.2) is 0 Å². The smallest absolute Gasteiger partial charge is 0.255 e. The van der Waals surface area contributed by atoms with Crippen LogP contribution in [0.1, 0.15) is 30.6 Å². The minimum atomic E-state index is 0.153. The highest BCUT2D eigenvalue weighted by molar-refractivity contribution is 9.10. The maximum atomic E-state index is 12.3. The van der Waals surface area contributed by atoms with Crippen molar-refractivity contribution in [3.05, 3.63) is 34.3 Å². The highest BCUT2D eigenvalue weighted by Gasteiger charge is 2.29. The zero-order valence-electron chi connectivity index (χ0n) is 10.3. The Bertz CT molecular complexity index is 416. The third-order valence-corrected chi connectivity index (χ3v) is 4.25. The maximum absolute atomic E-state index is 12.3. The van der Waals surface area contributed by atoms with Gasteiger partial charge in [0, 0.05) is 17.6 Å². The average Bonchev–Trinajstić information content (AvgIpc) is 2.78. The van der Waals surface area contributed by atoms with E-state index in [-0.39, 0.29) is 5.91 Å². The van der Waals surface area contributed by atoms with Gasteiger partial charge in [0.25, 0.3) is 5.91 Å². The van der Waals surface area contributed by atoms with Crippen LogP contribution in [0.3, 0.4) is 0 Å². The molecule has 0 aromatic heterocycles. The minimum Gasteiger partial charge on any atom is -0.338 e. The number of carbonyl (C=O) groups is 1. The van der Waals surface area contributed by atoms with Crippen LogP contribution in [-0.2, 0) is 0 Å². The Hall–Kier alpha value is -0.830. The lowest BCUT2D eigenvalue weighted by molar-refractivity contribution is 0.0783. The van der Waals surface area contributed by atoms with Crippen LogP contribution in [0, 0.1) is 11.8 Å². The van der Waals surface area contributed by atoms with Gasteiger partial charge in [-0.2, -0.15) is 0 Å². The van der Waals surface area contributed by atoms with Crippen LogP contribution in [-0.4, -0.2) is 23.9 Å². The van der Waals surface area contributed by atoms with Crippen LogP contribution in [0.25, 0.3) is 0 Å². The number of hydrogen-bond acceptors (Lipinski definition) is 1. The molecule has 2 rings (SSSR count). The van der Waals surface area contributed by atoms with Gasteiger partial charge < -0.3 is 4.90 Å². The molecule has 1 amide bonds. The first kappa shape index (κ1) is 12.6. The second kappa shape index (κ2) is 5.21. The lowest BCUT2D eigenvalue weighted by Gasteiger charge is -2.18. The Morgan fingerprint density at radius 1 is 1.41 bits per heavy atom. The van der Waals surface area contributed by atoms with Crippen molar-refractivity contribution in [1.82, 2.24) is 4.90 Å². The van der Waals surface area contributed by atoms with E-state index in [1.165, 1.54) is 0 Å². The largest absolute Gasteiger partial charge is 0.338 e. The molecule has 0 N–H and O–H groups in total. The summed E-state index contributed by atoms with van der Waals surface area (Å²) in [5.41, 5.74) is 0.775. The van der Waals surface area contributed by atoms with Crippen LogP contribution in [0.15, 0.2) is 28.7 Å². The lowest BCUT2D eigenvalue weighted by Crippen LogP contribution is -2.29. The Kier molecular flexibility index (Phi) is 3.87. The molecule has 1 fully saturated rings. The van der Waals surface area contributed by atoms with E-state index in [2.05, 4.69) is 29.8 Å². The summed E-state index contributed by atoms with van der Waals surface area (Å²) >= 11 is 3.44. The fourth-order valence-electron chi connectivity index (χ4n) is 2.32. The summed E-state index contributed by atoms with van der Waals surface area (Å²) in [6, 6.07) is 7.65. The normalized spacial score (nSPS) is 20.0. The van der Waals surface area contributed by atoms with Crippen LogP contribution >= 0.6 is 15.9 Å². The zero-order chi connectivity index (χ0) is 12.4. The van der Waals surface area contributed by atoms with Gasteiger partial charge in [-0.25, -0.2) is 0 Å². The molecular weight excluding hydrogens is 278 g/mol. The summed E-state index contributed by atoms with van der Waals surface area (Å²) in [6.07, 6.45) is 1.13. The Labute approximate surface area is 111 Å². The average molecular weight is 296 g/mol. The summed E-state index contributed by atoms with van der Waals surface area (Å²) in [7, 11) is 0. The molecule has 1 atom stereocenters. The number of likely N-dealkylation sites (tertiary alicyclic amines) is 1. The van der Waals surface area contributed by atoms with Gasteiger partial charge in [0.05, 0.1) is 5.56 Å². The standard InChI is InChI=1S/C14H18BrNO/c1-10(2)11-7-8-16(9-11)14(17)12-5-3-4-6-13(12)15/h3-6,10-11H,7-9H2,1-2H3. The minimum absolute atomic E-state index is 0.153. The molecule has 1 heterocycles. The predicted molar refractivity (Wildman–Crippen MR) is 73.0 cm³/mol. The highest BCUT2D eigenvalue weighted by atomic mass is 79.9. The van der Waals surface area contributed by atoms with Crippen molar-refractivity contribution in [3.8, 4) is 0 Å². The molecule has 1 unspecified atom stereocenters. The van der Waals surface area contributed by atoms with Crippen molar-refractivity contribution < 1.29 is 4.79 Å². The molecule has 0 radical (unpaired) electrons. The van der Waals surface area contributed by atoms with Crippen LogP contribution in [0.4, 0.5) is 0 Å². The number of carbonyl (C=O) groups excluding carboxylic acids is 1. The Morgan fingerprint density at radius 2 is 2.12 bits per heavy atom. The van der Waals surface area contributed by atoms with E-state index in [1.807, 2.05) is 29.2 Å². The molecule has 0 saturated carbocycles. The molecule has 1 aliphatic heterocycles. The van der Waals surface area contributed by atoms with E-state index in [0.29, 0.717) is 11.8 Å². The van der Waals surface area contributed by atoms with Crippen molar-refractivity contribution >= 4 is 21.8 Å². The van der Waals surface area contributed by atoms with Gasteiger partial charge in [0.2, 0.25) is 0 Å². The van der Waals surface area contributed by atoms with Gasteiger partial charge in [-0.05, 0) is 46.3 Å². The summed E-state index contributed by atoms with van der Waals surface area (Å²) in [5, 5.41) is 0. The predicted octanol–water partition coefficient (Wildman–Crippen LogP) is 3.57. The van der Waals surface area contributed by atoms with Crippen molar-refractivity contribution in [3.63, 3.8) is 0 Å². The van der Waals surface area contributed by atoms with Crippen molar-refractivity contribution in [2.45, 2.75) is 20.3 Å². The molecule has 1 aromatic carbocycles. The van der Waals surface area contributed by atoms with E-state index < -0.39 is 0 Å². The number of nitrogens with zero attached hydrogens (tertiary/aromatic N) is 1. The van der Waals surface area contributed by atoms with Gasteiger partial charge in [-0.1, -0.05) is 26.0 Å². The first-order chi connectivity index (χ1) is 8.09. The molecule has 3 heteroatoms. The monoisotopic (exact) mass is 295 g/mol. The Balaban J connectivity index is 2.10. The summed E-state index contributed by atoms with van der Waals surface area (Å²) in [6.45, 7) is 6.26. The summed E-state index contributed by atoms with van der Waals surface area (Å²) in [5.74, 6) is 1.47. The van der Waals surface area contributed by atoms with Crippen LogP contribution in [0.5, 0.6) is 0 Å². The zero-order valence-corrected chi connectivity index (χ0v) is 11.9. The number of hydrogen-bond donors (Lipinski definition) is 0. The van der Waals surface area contributed by atoms with Gasteiger partial charge in [0.1, 0.15) is 0 Å². The van der Waals surface area contributed by atoms with E-state index in [4.69, 9.17) is 0 Å². The second-order valence-corrected chi connectivity index (χ2v) is 5.88. The number of halogens is 1. The molecule has 0 aliphatic carbocycles. The Morgan fingerprint density at radius 3 is 2.71 bits per heavy atom. The second-order valence-electron chi connectivity index (χ2n) is 5.02. The lowest BCUT2D eigenvalue weighted by atomic mass is 9.95. The van der Waals surface area contributed by atoms with Crippen molar-refractivity contribution in [2.75, 3.05) is 13.1 Å². The van der Waals surface area contributed by atoms with Gasteiger partial charge >= 0.3 is 0 Å². The van der Waals surface area contributed by atoms with Gasteiger partial charge in [-0.15, -0.1) is 0 Å². The molecule has 0 spiro atoms. The highest BCUT2D eigenvalue weighted by Crippen LogP contribution is 2.26. The molecule has 17 heavy (non-hydrogen) atoms. The van der Waals surface area contributed by atoms with Crippen molar-refractivity contribution in [1.29, 1.82) is 0 Å². The van der Waals surface area contributed by atoms with E-state index in [9.17, 15) is 4.79 Å². The third-order valence-electron chi connectivity index (χ3n) is 3.56. The molecule has 2 nitrogen and oxygen atoms in total. The van der Waals surface area contributed by atoms with Gasteiger partial charge in [-0.3, -0.25) is 4.79 Å². The number of benzene rings is 1. The van der Waals surface area contributed by atoms with Crippen LogP contribution < -0.4 is 0 Å². The van der Waals surface area contributed by atoms with Crippen molar-refractivity contribution in [2.24, 2.45) is 11.8 Å². The maximum Gasteiger partial charge on any atom is 0.255 e. The molecule has 0 bridgehead atoms. The topological polar surface area (TPSA) is 20.3 Å². The fourth-order valence-corrected chi connectivity index (χ4v) is 2.78. The first-order valence-electron chi connectivity index (χ1n) is 6.13. The number of rotatable bonds is 2. The van der Waals surface area contributed by atoms with E-state index in [0.717, 1.165) is 29.5 Å². The summed E-state index contributed by atoms with van der Waals surface area (Å²) < 4.78 is 0.887. The van der Waals surface area contributed by atoms with E-state index >= 15 is 0 Å². The van der Waals surface area contributed by atoms with Crippen LogP contribution in [0.2, 0.25) is 0 Å². The fraction of sp³-hybridized carbons (Fsp3) is 0.500. The van der Waals surface area contributed by atoms with E-state index in [1.54, 1.807) is 0 Å². The molecular formula is C14H18BrNO. The molecule has 1 aromatic rings. The molecule has 1 saturated heterocycles. The molecule has 1 aliphatic rings. The molecule has 92 valence electrons. The SMILES string of the molecule is CC(C)C1CCN(C(=O)c2ccccc2Br)C1. The third kappa shape index (κ3) is 2.71. The first-order valence-corrected chi connectivity index (χ1v) is 6.92. The summed E-state index contributed by atoms with van der Waals surface area (Å²) in [4.78, 5) is 14.3.